The summed E-state index contributed by atoms with van der Waals surface area (Å²) in [6.07, 6.45) is 0. The van der Waals surface area contributed by atoms with E-state index in [1.807, 2.05) is 18.6 Å². The van der Waals surface area contributed by atoms with Gasteiger partial charge in [-0.15, -0.1) is 15.2 Å². The Kier molecular flexibility index (Phi) is 14.1. The highest BCUT2D eigenvalue weighted by Gasteiger charge is 1.59. The molecular weight excluding hydrogens is 134 g/mol. The second-order valence-electron chi connectivity index (χ2n) is 0.878. The van der Waals surface area contributed by atoms with Crippen molar-refractivity contribution >= 4 is 17.8 Å². The highest BCUT2D eigenvalue weighted by molar-refractivity contribution is 7.48. The topological polar surface area (TPSA) is 0 Å². The molecule has 0 spiro atoms. The summed E-state index contributed by atoms with van der Waals surface area (Å²) in [4.78, 5) is 0. The van der Waals surface area contributed by atoms with E-state index in [0.717, 1.165) is 0 Å². The molecule has 0 aliphatic carbocycles. The Morgan fingerprint density at radius 3 is 2.62 bits per heavy atom. The Morgan fingerprint density at radius 1 is 1.62 bits per heavy atom. The molecule has 0 aliphatic rings. The maximum absolute atomic E-state index is 2.93. The molecule has 2 atom stereocenters. The van der Waals surface area contributed by atoms with Crippen LogP contribution < -0.4 is 0 Å². The zero-order valence-corrected chi connectivity index (χ0v) is 6.39. The van der Waals surface area contributed by atoms with Crippen molar-refractivity contribution in [1.82, 2.24) is 0 Å². The molecule has 0 aromatic carbocycles. The molecular formula is C6H12P2. The summed E-state index contributed by atoms with van der Waals surface area (Å²) in [7, 11) is 3.18. The summed E-state index contributed by atoms with van der Waals surface area (Å²) >= 11 is 0. The van der Waals surface area contributed by atoms with Crippen molar-refractivity contribution in [3.05, 3.63) is 11.6 Å². The standard InChI is InChI=1S/C5H8P2.CH4/c1-2-4-7-5-3-6;/h3,5,7H,6H2,1H3;1H4/b5-3+;. The van der Waals surface area contributed by atoms with Gasteiger partial charge in [0.25, 0.3) is 0 Å². The normalized spacial score (nSPS) is 8.75. The fourth-order valence-electron chi connectivity index (χ4n) is 0.162. The van der Waals surface area contributed by atoms with Gasteiger partial charge in [-0.05, 0) is 15.5 Å². The molecule has 8 heavy (non-hydrogen) atoms. The lowest BCUT2D eigenvalue weighted by Crippen LogP contribution is -1.33. The molecule has 0 amide bonds. The van der Waals surface area contributed by atoms with Crippen LogP contribution >= 0.6 is 17.8 Å². The van der Waals surface area contributed by atoms with Crippen LogP contribution in [0.2, 0.25) is 0 Å². The largest absolute Gasteiger partial charge is 0.114 e. The van der Waals surface area contributed by atoms with Crippen molar-refractivity contribution < 1.29 is 0 Å². The smallest absolute Gasteiger partial charge is 0.00236 e. The molecule has 2 heteroatoms. The zero-order chi connectivity index (χ0) is 5.54. The first kappa shape index (κ1) is 11.0. The maximum atomic E-state index is 2.93. The second kappa shape index (κ2) is 10.2. The fraction of sp³-hybridized carbons (Fsp3) is 0.333. The molecule has 0 rings (SSSR count). The third-order valence-electron chi connectivity index (χ3n) is 0.377. The highest BCUT2D eigenvalue weighted by atomic mass is 31.1. The van der Waals surface area contributed by atoms with Crippen LogP contribution in [0.5, 0.6) is 0 Å². The Hall–Kier alpha value is 0.160. The van der Waals surface area contributed by atoms with Gasteiger partial charge in [0.2, 0.25) is 0 Å². The highest BCUT2D eigenvalue weighted by Crippen LogP contribution is 2.08. The molecule has 0 saturated heterocycles. The molecule has 0 heterocycles. The van der Waals surface area contributed by atoms with Gasteiger partial charge < -0.3 is 0 Å². The van der Waals surface area contributed by atoms with Crippen LogP contribution in [0.15, 0.2) is 11.6 Å². The molecule has 0 saturated carbocycles. The Balaban J connectivity index is 0. The third-order valence-corrected chi connectivity index (χ3v) is 1.71. The van der Waals surface area contributed by atoms with Gasteiger partial charge in [-0.2, -0.15) is 0 Å². The third kappa shape index (κ3) is 9.48. The number of hydrogen-bond donors (Lipinski definition) is 0. The van der Waals surface area contributed by atoms with Gasteiger partial charge in [0.05, 0.1) is 0 Å². The first-order valence-electron chi connectivity index (χ1n) is 1.96. The molecule has 0 aliphatic heterocycles. The van der Waals surface area contributed by atoms with E-state index in [9.17, 15) is 0 Å². The molecule has 0 radical (unpaired) electrons. The van der Waals surface area contributed by atoms with E-state index in [-0.39, 0.29) is 7.43 Å². The van der Waals surface area contributed by atoms with Crippen molar-refractivity contribution in [1.29, 1.82) is 0 Å². The van der Waals surface area contributed by atoms with Gasteiger partial charge in [0.1, 0.15) is 0 Å². The van der Waals surface area contributed by atoms with Crippen molar-refractivity contribution in [2.24, 2.45) is 0 Å². The lowest BCUT2D eigenvalue weighted by molar-refractivity contribution is 1.93. The van der Waals surface area contributed by atoms with Gasteiger partial charge >= 0.3 is 0 Å². The molecule has 0 fully saturated rings. The van der Waals surface area contributed by atoms with Crippen molar-refractivity contribution in [3.8, 4) is 11.6 Å². The Labute approximate surface area is 56.1 Å². The Morgan fingerprint density at radius 2 is 2.25 bits per heavy atom. The van der Waals surface area contributed by atoms with Gasteiger partial charge in [-0.1, -0.05) is 24.7 Å². The summed E-state index contributed by atoms with van der Waals surface area (Å²) in [6.45, 7) is 1.85. The van der Waals surface area contributed by atoms with Crippen molar-refractivity contribution in [2.75, 3.05) is 0 Å². The predicted octanol–water partition coefficient (Wildman–Crippen LogP) is 2.63. The quantitative estimate of drug-likeness (QED) is 0.394. The molecule has 0 aromatic heterocycles. The van der Waals surface area contributed by atoms with Crippen LogP contribution in [0.1, 0.15) is 14.4 Å². The summed E-state index contributed by atoms with van der Waals surface area (Å²) in [5, 5.41) is 0. The van der Waals surface area contributed by atoms with Gasteiger partial charge in [-0.25, -0.2) is 0 Å². The van der Waals surface area contributed by atoms with Gasteiger partial charge in [-0.3, -0.25) is 0 Å². The zero-order valence-electron chi connectivity index (χ0n) is 4.23. The van der Waals surface area contributed by atoms with E-state index in [0.29, 0.717) is 8.58 Å². The molecule has 2 unspecified atom stereocenters. The Bertz CT molecular complexity index is 105. The predicted molar refractivity (Wildman–Crippen MR) is 47.3 cm³/mol. The van der Waals surface area contributed by atoms with Crippen LogP contribution in [-0.4, -0.2) is 0 Å². The van der Waals surface area contributed by atoms with Crippen molar-refractivity contribution in [2.45, 2.75) is 14.4 Å². The molecule has 0 nitrogen and oxygen atoms in total. The van der Waals surface area contributed by atoms with Gasteiger partial charge in [0, 0.05) is 0 Å². The summed E-state index contributed by atoms with van der Waals surface area (Å²) in [6, 6.07) is 0. The van der Waals surface area contributed by atoms with E-state index >= 15 is 0 Å². The van der Waals surface area contributed by atoms with Crippen molar-refractivity contribution in [3.63, 3.8) is 0 Å². The molecule has 0 N–H and O–H groups in total. The summed E-state index contributed by atoms with van der Waals surface area (Å²) < 4.78 is 0. The minimum absolute atomic E-state index is 0. The maximum Gasteiger partial charge on any atom is -0.00236 e. The average molecular weight is 146 g/mol. The molecule has 0 bridgehead atoms. The van der Waals surface area contributed by atoms with Crippen LogP contribution in [0, 0.1) is 11.6 Å². The summed E-state index contributed by atoms with van der Waals surface area (Å²) in [5.74, 6) is 6.77. The summed E-state index contributed by atoms with van der Waals surface area (Å²) in [5.41, 5.74) is 2.93. The minimum Gasteiger partial charge on any atom is -0.114 e. The monoisotopic (exact) mass is 146 g/mol. The lowest BCUT2D eigenvalue weighted by Gasteiger charge is -1.69. The van der Waals surface area contributed by atoms with E-state index in [2.05, 4.69) is 20.8 Å². The number of rotatable bonds is 1. The fourth-order valence-corrected chi connectivity index (χ4v) is 0.775. The van der Waals surface area contributed by atoms with Crippen LogP contribution in [0.3, 0.4) is 0 Å². The minimum atomic E-state index is 0. The van der Waals surface area contributed by atoms with E-state index in [4.69, 9.17) is 0 Å². The van der Waals surface area contributed by atoms with Crippen LogP contribution in [0.4, 0.5) is 0 Å². The van der Waals surface area contributed by atoms with E-state index in [1.54, 1.807) is 0 Å². The van der Waals surface area contributed by atoms with Crippen LogP contribution in [0.25, 0.3) is 0 Å². The average Bonchev–Trinajstić information content (AvgIpc) is 1.69. The van der Waals surface area contributed by atoms with Gasteiger partial charge in [0.15, 0.2) is 0 Å². The van der Waals surface area contributed by atoms with E-state index in [1.165, 1.54) is 0 Å². The first-order valence-corrected chi connectivity index (χ1v) is 3.70. The lowest BCUT2D eigenvalue weighted by atomic mass is 10.8. The molecule has 46 valence electrons. The second-order valence-corrected chi connectivity index (χ2v) is 2.14. The molecule has 0 aromatic rings. The van der Waals surface area contributed by atoms with Crippen LogP contribution in [-0.2, 0) is 0 Å². The number of hydrogen-bond acceptors (Lipinski definition) is 0. The van der Waals surface area contributed by atoms with E-state index < -0.39 is 0 Å². The SMILES string of the molecule is C.CC#CP/C=C/P. The first-order chi connectivity index (χ1) is 3.41.